The summed E-state index contributed by atoms with van der Waals surface area (Å²) < 4.78 is 28.5. The van der Waals surface area contributed by atoms with Crippen molar-refractivity contribution in [2.24, 2.45) is 5.92 Å². The normalized spacial score (nSPS) is 29.1. The lowest BCUT2D eigenvalue weighted by atomic mass is 10.0. The van der Waals surface area contributed by atoms with Crippen LogP contribution in [0.1, 0.15) is 38.5 Å². The van der Waals surface area contributed by atoms with Gasteiger partial charge in [-0.05, 0) is 31.6 Å². The van der Waals surface area contributed by atoms with E-state index in [1.807, 2.05) is 0 Å². The Kier molecular flexibility index (Phi) is 5.30. The van der Waals surface area contributed by atoms with Crippen LogP contribution in [0.4, 0.5) is 0 Å². The zero-order valence-electron chi connectivity index (χ0n) is 10.9. The Bertz CT molecular complexity index is 353. The number of alkyl halides is 1. The van der Waals surface area contributed by atoms with Crippen LogP contribution < -0.4 is 0 Å². The van der Waals surface area contributed by atoms with Crippen molar-refractivity contribution in [2.75, 3.05) is 32.1 Å². The summed E-state index contributed by atoms with van der Waals surface area (Å²) in [6, 6.07) is 0. The van der Waals surface area contributed by atoms with Gasteiger partial charge < -0.3 is 0 Å². The van der Waals surface area contributed by atoms with Crippen molar-refractivity contribution in [3.05, 3.63) is 0 Å². The number of nitrogens with zero attached hydrogens (tertiary/aromatic N) is 2. The van der Waals surface area contributed by atoms with Gasteiger partial charge in [-0.25, -0.2) is 0 Å². The molecule has 2 aliphatic rings. The van der Waals surface area contributed by atoms with Gasteiger partial charge in [0.1, 0.15) is 0 Å². The van der Waals surface area contributed by atoms with E-state index in [-0.39, 0.29) is 0 Å². The lowest BCUT2D eigenvalue weighted by molar-refractivity contribution is 0.260. The van der Waals surface area contributed by atoms with Crippen LogP contribution in [0.15, 0.2) is 0 Å². The minimum Gasteiger partial charge on any atom is -0.195 e. The Morgan fingerprint density at radius 2 is 1.56 bits per heavy atom. The van der Waals surface area contributed by atoms with Crippen LogP contribution >= 0.6 is 11.6 Å². The highest BCUT2D eigenvalue weighted by Crippen LogP contribution is 2.23. The van der Waals surface area contributed by atoms with Crippen LogP contribution in [0.25, 0.3) is 0 Å². The molecule has 0 spiro atoms. The first-order chi connectivity index (χ1) is 8.64. The SMILES string of the molecule is O=S(=O)(N1CCCCCC1)N1CCCC(CCl)C1. The number of halogens is 1. The van der Waals surface area contributed by atoms with Gasteiger partial charge in [0.15, 0.2) is 0 Å². The smallest absolute Gasteiger partial charge is 0.195 e. The first-order valence-electron chi connectivity index (χ1n) is 6.96. The highest BCUT2D eigenvalue weighted by molar-refractivity contribution is 7.86. The predicted octanol–water partition coefficient (Wildman–Crippen LogP) is 2.06. The summed E-state index contributed by atoms with van der Waals surface area (Å²) in [5.41, 5.74) is 0. The van der Waals surface area contributed by atoms with Crippen molar-refractivity contribution >= 4 is 21.8 Å². The fourth-order valence-electron chi connectivity index (χ4n) is 2.80. The highest BCUT2D eigenvalue weighted by atomic mass is 35.5. The van der Waals surface area contributed by atoms with E-state index in [9.17, 15) is 8.42 Å². The Labute approximate surface area is 115 Å². The molecule has 0 bridgehead atoms. The fourth-order valence-corrected chi connectivity index (χ4v) is 4.86. The third kappa shape index (κ3) is 3.38. The molecule has 0 aliphatic carbocycles. The number of piperidine rings is 1. The molecule has 0 radical (unpaired) electrons. The van der Waals surface area contributed by atoms with E-state index in [2.05, 4.69) is 0 Å². The molecule has 0 aromatic heterocycles. The molecule has 0 amide bonds. The maximum Gasteiger partial charge on any atom is 0.281 e. The molecule has 2 aliphatic heterocycles. The van der Waals surface area contributed by atoms with Crippen LogP contribution in [-0.2, 0) is 10.2 Å². The van der Waals surface area contributed by atoms with Gasteiger partial charge in [0, 0.05) is 32.1 Å². The molecule has 18 heavy (non-hydrogen) atoms. The summed E-state index contributed by atoms with van der Waals surface area (Å²) in [5.74, 6) is 0.883. The van der Waals surface area contributed by atoms with E-state index in [1.54, 1.807) is 8.61 Å². The van der Waals surface area contributed by atoms with Crippen LogP contribution in [0, 0.1) is 5.92 Å². The first-order valence-corrected chi connectivity index (χ1v) is 8.89. The second-order valence-corrected chi connectivity index (χ2v) is 7.58. The first kappa shape index (κ1) is 14.6. The van der Waals surface area contributed by atoms with Crippen LogP contribution in [0.5, 0.6) is 0 Å². The van der Waals surface area contributed by atoms with Crippen LogP contribution in [-0.4, -0.2) is 49.1 Å². The van der Waals surface area contributed by atoms with Crippen molar-refractivity contribution in [2.45, 2.75) is 38.5 Å². The van der Waals surface area contributed by atoms with E-state index in [0.29, 0.717) is 38.0 Å². The Hall–Kier alpha value is 0.160. The largest absolute Gasteiger partial charge is 0.281 e. The van der Waals surface area contributed by atoms with E-state index >= 15 is 0 Å². The van der Waals surface area contributed by atoms with E-state index in [1.165, 1.54) is 0 Å². The average Bonchev–Trinajstić information content (AvgIpc) is 2.68. The molecule has 106 valence electrons. The molecule has 1 unspecified atom stereocenters. The molecule has 2 saturated heterocycles. The summed E-state index contributed by atoms with van der Waals surface area (Å²) in [6.45, 7) is 2.63. The van der Waals surface area contributed by atoms with Gasteiger partial charge in [0.2, 0.25) is 0 Å². The van der Waals surface area contributed by atoms with Crippen molar-refractivity contribution < 1.29 is 8.42 Å². The number of hydrogen-bond acceptors (Lipinski definition) is 2. The summed E-state index contributed by atoms with van der Waals surface area (Å²) in [7, 11) is -3.24. The van der Waals surface area contributed by atoms with Gasteiger partial charge in [-0.2, -0.15) is 17.0 Å². The zero-order chi connectivity index (χ0) is 13.0. The number of hydrogen-bond donors (Lipinski definition) is 0. The highest BCUT2D eigenvalue weighted by Gasteiger charge is 2.33. The summed E-state index contributed by atoms with van der Waals surface area (Å²) in [4.78, 5) is 0. The lowest BCUT2D eigenvalue weighted by Gasteiger charge is -2.34. The van der Waals surface area contributed by atoms with E-state index in [0.717, 1.165) is 38.5 Å². The maximum absolute atomic E-state index is 12.6. The maximum atomic E-state index is 12.6. The molecule has 6 heteroatoms. The van der Waals surface area contributed by atoms with Gasteiger partial charge >= 0.3 is 0 Å². The summed E-state index contributed by atoms with van der Waals surface area (Å²) >= 11 is 5.87. The molecule has 2 rings (SSSR count). The minimum atomic E-state index is -3.24. The fraction of sp³-hybridized carbons (Fsp3) is 1.00. The summed E-state index contributed by atoms with van der Waals surface area (Å²) in [6.07, 6.45) is 6.27. The molecule has 0 aromatic carbocycles. The molecular formula is C12H23ClN2O2S. The zero-order valence-corrected chi connectivity index (χ0v) is 12.4. The lowest BCUT2D eigenvalue weighted by Crippen LogP contribution is -2.48. The van der Waals surface area contributed by atoms with Crippen molar-refractivity contribution in [1.29, 1.82) is 0 Å². The molecule has 0 aromatic rings. The predicted molar refractivity (Wildman–Crippen MR) is 74.0 cm³/mol. The van der Waals surface area contributed by atoms with Gasteiger partial charge in [-0.15, -0.1) is 11.6 Å². The molecule has 0 saturated carbocycles. The molecule has 0 N–H and O–H groups in total. The van der Waals surface area contributed by atoms with Gasteiger partial charge in [0.25, 0.3) is 10.2 Å². The van der Waals surface area contributed by atoms with E-state index < -0.39 is 10.2 Å². The molecule has 4 nitrogen and oxygen atoms in total. The van der Waals surface area contributed by atoms with Gasteiger partial charge in [0.05, 0.1) is 0 Å². The Morgan fingerprint density at radius 1 is 0.944 bits per heavy atom. The van der Waals surface area contributed by atoms with Crippen molar-refractivity contribution in [3.8, 4) is 0 Å². The monoisotopic (exact) mass is 294 g/mol. The Balaban J connectivity index is 2.04. The molecular weight excluding hydrogens is 272 g/mol. The quantitative estimate of drug-likeness (QED) is 0.748. The second kappa shape index (κ2) is 6.55. The van der Waals surface area contributed by atoms with Crippen molar-refractivity contribution in [3.63, 3.8) is 0 Å². The number of rotatable bonds is 3. The van der Waals surface area contributed by atoms with Crippen LogP contribution in [0.2, 0.25) is 0 Å². The van der Waals surface area contributed by atoms with Gasteiger partial charge in [-0.3, -0.25) is 0 Å². The van der Waals surface area contributed by atoms with Crippen LogP contribution in [0.3, 0.4) is 0 Å². The molecule has 2 heterocycles. The molecule has 1 atom stereocenters. The topological polar surface area (TPSA) is 40.6 Å². The standard InChI is InChI=1S/C12H23ClN2O2S/c13-10-12-6-5-9-15(11-12)18(16,17)14-7-3-1-2-4-8-14/h12H,1-11H2. The van der Waals surface area contributed by atoms with Crippen molar-refractivity contribution in [1.82, 2.24) is 8.61 Å². The third-order valence-electron chi connectivity index (χ3n) is 3.92. The van der Waals surface area contributed by atoms with E-state index in [4.69, 9.17) is 11.6 Å². The summed E-state index contributed by atoms with van der Waals surface area (Å²) in [5, 5.41) is 0. The third-order valence-corrected chi connectivity index (χ3v) is 6.36. The Morgan fingerprint density at radius 3 is 2.17 bits per heavy atom. The molecule has 2 fully saturated rings. The second-order valence-electron chi connectivity index (χ2n) is 5.34. The average molecular weight is 295 g/mol. The minimum absolute atomic E-state index is 0.321. The van der Waals surface area contributed by atoms with Gasteiger partial charge in [-0.1, -0.05) is 12.8 Å².